The topological polar surface area (TPSA) is 3.24 Å². The van der Waals surface area contributed by atoms with Crippen LogP contribution in [0.25, 0.3) is 0 Å². The van der Waals surface area contributed by atoms with E-state index >= 15 is 0 Å². The Morgan fingerprint density at radius 2 is 2.00 bits per heavy atom. The average molecular weight is 167 g/mol. The van der Waals surface area contributed by atoms with Gasteiger partial charge >= 0.3 is 0 Å². The van der Waals surface area contributed by atoms with Crippen LogP contribution < -0.4 is 0 Å². The summed E-state index contributed by atoms with van der Waals surface area (Å²) < 4.78 is 0. The quantitative estimate of drug-likeness (QED) is 0.611. The average Bonchev–Trinajstić information content (AvgIpc) is 2.53. The Kier molecular flexibility index (Phi) is 2.69. The summed E-state index contributed by atoms with van der Waals surface area (Å²) in [6.07, 6.45) is 10.2. The molecule has 0 amide bonds. The molecular formula is C11H21N. The number of hydrogen-bond donors (Lipinski definition) is 0. The maximum Gasteiger partial charge on any atom is 0.00986 e. The van der Waals surface area contributed by atoms with Gasteiger partial charge in [-0.15, -0.1) is 0 Å². The van der Waals surface area contributed by atoms with E-state index in [4.69, 9.17) is 0 Å². The van der Waals surface area contributed by atoms with Crippen molar-refractivity contribution in [2.24, 2.45) is 0 Å². The SMILES string of the molecule is CCC[C@H]1CCC[C@@H]2CCCN21. The molecule has 0 spiro atoms. The molecule has 2 aliphatic rings. The van der Waals surface area contributed by atoms with E-state index < -0.39 is 0 Å². The molecule has 2 saturated heterocycles. The van der Waals surface area contributed by atoms with E-state index in [1.54, 1.807) is 0 Å². The summed E-state index contributed by atoms with van der Waals surface area (Å²) in [6.45, 7) is 3.72. The van der Waals surface area contributed by atoms with Gasteiger partial charge in [0, 0.05) is 12.1 Å². The summed E-state index contributed by atoms with van der Waals surface area (Å²) >= 11 is 0. The molecule has 2 atom stereocenters. The van der Waals surface area contributed by atoms with Crippen molar-refractivity contribution < 1.29 is 0 Å². The Balaban J connectivity index is 1.94. The largest absolute Gasteiger partial charge is 0.297 e. The van der Waals surface area contributed by atoms with Crippen molar-refractivity contribution >= 4 is 0 Å². The summed E-state index contributed by atoms with van der Waals surface area (Å²) in [7, 11) is 0. The maximum absolute atomic E-state index is 2.80. The maximum atomic E-state index is 2.80. The fourth-order valence-electron chi connectivity index (χ4n) is 3.05. The Hall–Kier alpha value is -0.0400. The fraction of sp³-hybridized carbons (Fsp3) is 1.00. The minimum absolute atomic E-state index is 0.955. The van der Waals surface area contributed by atoms with Crippen LogP contribution in [0.2, 0.25) is 0 Å². The molecule has 2 rings (SSSR count). The van der Waals surface area contributed by atoms with Gasteiger partial charge in [0.1, 0.15) is 0 Å². The molecule has 12 heavy (non-hydrogen) atoms. The molecule has 0 saturated carbocycles. The lowest BCUT2D eigenvalue weighted by Gasteiger charge is -2.37. The first-order valence-corrected chi connectivity index (χ1v) is 5.67. The van der Waals surface area contributed by atoms with Gasteiger partial charge in [-0.25, -0.2) is 0 Å². The Morgan fingerprint density at radius 3 is 2.83 bits per heavy atom. The van der Waals surface area contributed by atoms with Crippen molar-refractivity contribution in [1.82, 2.24) is 4.90 Å². The number of rotatable bonds is 2. The second kappa shape index (κ2) is 3.78. The van der Waals surface area contributed by atoms with Crippen LogP contribution in [-0.2, 0) is 0 Å². The van der Waals surface area contributed by atoms with Crippen LogP contribution in [0.15, 0.2) is 0 Å². The monoisotopic (exact) mass is 167 g/mol. The lowest BCUT2D eigenvalue weighted by atomic mass is 9.94. The van der Waals surface area contributed by atoms with Crippen molar-refractivity contribution in [1.29, 1.82) is 0 Å². The first-order valence-electron chi connectivity index (χ1n) is 5.67. The molecule has 1 nitrogen and oxygen atoms in total. The second-order valence-corrected chi connectivity index (χ2v) is 4.41. The third kappa shape index (κ3) is 1.52. The predicted octanol–water partition coefficient (Wildman–Crippen LogP) is 2.80. The van der Waals surface area contributed by atoms with Crippen molar-refractivity contribution in [3.8, 4) is 0 Å². The van der Waals surface area contributed by atoms with Gasteiger partial charge in [0.2, 0.25) is 0 Å². The highest BCUT2D eigenvalue weighted by Gasteiger charge is 2.32. The Labute approximate surface area is 76.1 Å². The zero-order valence-electron chi connectivity index (χ0n) is 8.26. The minimum Gasteiger partial charge on any atom is -0.297 e. The first kappa shape index (κ1) is 8.55. The lowest BCUT2D eigenvalue weighted by molar-refractivity contribution is 0.116. The molecule has 0 aliphatic carbocycles. The standard InChI is InChI=1S/C11H21N/c1-2-5-10-6-3-7-11-8-4-9-12(10)11/h10-11H,2-9H2,1H3/t10-,11+/m0/s1. The molecular weight excluding hydrogens is 146 g/mol. The molecule has 0 unspecified atom stereocenters. The molecule has 0 N–H and O–H groups in total. The van der Waals surface area contributed by atoms with Crippen LogP contribution in [0.3, 0.4) is 0 Å². The Morgan fingerprint density at radius 1 is 1.17 bits per heavy atom. The molecule has 0 aromatic carbocycles. The molecule has 1 heteroatoms. The second-order valence-electron chi connectivity index (χ2n) is 4.41. The molecule has 0 bridgehead atoms. The summed E-state index contributed by atoms with van der Waals surface area (Å²) in [4.78, 5) is 2.80. The van der Waals surface area contributed by atoms with E-state index in [0.717, 1.165) is 12.1 Å². The third-order valence-electron chi connectivity index (χ3n) is 3.59. The van der Waals surface area contributed by atoms with Crippen LogP contribution >= 0.6 is 0 Å². The van der Waals surface area contributed by atoms with Gasteiger partial charge < -0.3 is 0 Å². The number of nitrogens with zero attached hydrogens (tertiary/aromatic N) is 1. The van der Waals surface area contributed by atoms with Gasteiger partial charge in [0.15, 0.2) is 0 Å². The number of fused-ring (bicyclic) bond motifs is 1. The van der Waals surface area contributed by atoms with Gasteiger partial charge in [-0.3, -0.25) is 4.90 Å². The summed E-state index contributed by atoms with van der Waals surface area (Å²) in [5, 5.41) is 0. The van der Waals surface area contributed by atoms with E-state index in [-0.39, 0.29) is 0 Å². The highest BCUT2D eigenvalue weighted by Crippen LogP contribution is 2.32. The normalized spacial score (nSPS) is 36.8. The van der Waals surface area contributed by atoms with Gasteiger partial charge in [-0.1, -0.05) is 19.8 Å². The van der Waals surface area contributed by atoms with Crippen LogP contribution in [0.1, 0.15) is 51.9 Å². The molecule has 2 heterocycles. The predicted molar refractivity (Wildman–Crippen MR) is 52.3 cm³/mol. The number of hydrogen-bond acceptors (Lipinski definition) is 1. The third-order valence-corrected chi connectivity index (χ3v) is 3.59. The van der Waals surface area contributed by atoms with Crippen LogP contribution in [0.4, 0.5) is 0 Å². The summed E-state index contributed by atoms with van der Waals surface area (Å²) in [6, 6.07) is 1.94. The van der Waals surface area contributed by atoms with E-state index in [0.29, 0.717) is 0 Å². The molecule has 0 aromatic rings. The van der Waals surface area contributed by atoms with Gasteiger partial charge in [0.25, 0.3) is 0 Å². The Bertz CT molecular complexity index is 142. The van der Waals surface area contributed by atoms with E-state index in [1.165, 1.54) is 51.5 Å². The van der Waals surface area contributed by atoms with Crippen LogP contribution in [0.5, 0.6) is 0 Å². The highest BCUT2D eigenvalue weighted by atomic mass is 15.2. The molecule has 2 aliphatic heterocycles. The summed E-state index contributed by atoms with van der Waals surface area (Å²) in [5.41, 5.74) is 0. The first-order chi connectivity index (χ1) is 5.92. The van der Waals surface area contributed by atoms with Gasteiger partial charge in [0.05, 0.1) is 0 Å². The highest BCUT2D eigenvalue weighted by molar-refractivity contribution is 4.88. The fourth-order valence-corrected chi connectivity index (χ4v) is 3.05. The van der Waals surface area contributed by atoms with Crippen molar-refractivity contribution in [2.75, 3.05) is 6.54 Å². The molecule has 2 fully saturated rings. The van der Waals surface area contributed by atoms with Crippen molar-refractivity contribution in [2.45, 2.75) is 64.0 Å². The van der Waals surface area contributed by atoms with Crippen LogP contribution in [-0.4, -0.2) is 23.5 Å². The van der Waals surface area contributed by atoms with E-state index in [2.05, 4.69) is 11.8 Å². The van der Waals surface area contributed by atoms with Crippen LogP contribution in [0, 0.1) is 0 Å². The van der Waals surface area contributed by atoms with E-state index in [1.807, 2.05) is 0 Å². The zero-order chi connectivity index (χ0) is 8.39. The summed E-state index contributed by atoms with van der Waals surface area (Å²) in [5.74, 6) is 0. The van der Waals surface area contributed by atoms with Crippen molar-refractivity contribution in [3.05, 3.63) is 0 Å². The van der Waals surface area contributed by atoms with Gasteiger partial charge in [-0.2, -0.15) is 0 Å². The van der Waals surface area contributed by atoms with Gasteiger partial charge in [-0.05, 0) is 38.6 Å². The minimum atomic E-state index is 0.955. The molecule has 70 valence electrons. The molecule has 0 aromatic heterocycles. The molecule has 0 radical (unpaired) electrons. The zero-order valence-corrected chi connectivity index (χ0v) is 8.26. The van der Waals surface area contributed by atoms with Crippen molar-refractivity contribution in [3.63, 3.8) is 0 Å². The smallest absolute Gasteiger partial charge is 0.00986 e. The lowest BCUT2D eigenvalue weighted by Crippen LogP contribution is -2.42. The number of piperidine rings is 1. The van der Waals surface area contributed by atoms with E-state index in [9.17, 15) is 0 Å².